The summed E-state index contributed by atoms with van der Waals surface area (Å²) in [6.45, 7) is 5.03. The van der Waals surface area contributed by atoms with Crippen molar-refractivity contribution in [3.63, 3.8) is 0 Å². The van der Waals surface area contributed by atoms with Gasteiger partial charge in [0.05, 0.1) is 12.1 Å². The van der Waals surface area contributed by atoms with E-state index in [2.05, 4.69) is 10.1 Å². The van der Waals surface area contributed by atoms with Crippen molar-refractivity contribution in [2.45, 2.75) is 45.6 Å². The van der Waals surface area contributed by atoms with Crippen LogP contribution in [0, 0.1) is 13.8 Å². The number of likely N-dealkylation sites (tertiary alicyclic amines) is 1. The van der Waals surface area contributed by atoms with Gasteiger partial charge in [-0.25, -0.2) is 0 Å². The van der Waals surface area contributed by atoms with Crippen molar-refractivity contribution in [3.05, 3.63) is 59.2 Å². The SMILES string of the molecule is Cc1noc(C)c1CC(=O)N1CCC[C@@H](N(C)C(=O)c2nccc3ccccc23)CC1. The number of pyridine rings is 1. The fraction of sp³-hybridized carbons (Fsp3) is 0.417. The lowest BCUT2D eigenvalue weighted by Crippen LogP contribution is -2.39. The molecule has 0 saturated carbocycles. The maximum atomic E-state index is 13.2. The van der Waals surface area contributed by atoms with Crippen LogP contribution in [0.4, 0.5) is 0 Å². The largest absolute Gasteiger partial charge is 0.361 e. The summed E-state index contributed by atoms with van der Waals surface area (Å²) in [7, 11) is 1.85. The number of nitrogens with zero attached hydrogens (tertiary/aromatic N) is 4. The normalized spacial score (nSPS) is 16.9. The minimum absolute atomic E-state index is 0.0719. The Morgan fingerprint density at radius 1 is 1.16 bits per heavy atom. The van der Waals surface area contributed by atoms with Crippen LogP contribution >= 0.6 is 0 Å². The smallest absolute Gasteiger partial charge is 0.273 e. The van der Waals surface area contributed by atoms with Crippen molar-refractivity contribution in [3.8, 4) is 0 Å². The van der Waals surface area contributed by atoms with Gasteiger partial charge in [-0.2, -0.15) is 0 Å². The number of fused-ring (bicyclic) bond motifs is 1. The summed E-state index contributed by atoms with van der Waals surface area (Å²) in [5.74, 6) is 0.712. The average molecular weight is 421 g/mol. The molecule has 1 aromatic carbocycles. The maximum Gasteiger partial charge on any atom is 0.273 e. The van der Waals surface area contributed by atoms with Gasteiger partial charge < -0.3 is 14.3 Å². The zero-order chi connectivity index (χ0) is 22.0. The van der Waals surface area contributed by atoms with Gasteiger partial charge in [-0.15, -0.1) is 0 Å². The van der Waals surface area contributed by atoms with Crippen LogP contribution in [-0.4, -0.2) is 57.9 Å². The molecule has 3 heterocycles. The van der Waals surface area contributed by atoms with E-state index in [1.165, 1.54) is 0 Å². The number of hydrogen-bond acceptors (Lipinski definition) is 5. The number of hydrogen-bond donors (Lipinski definition) is 0. The van der Waals surface area contributed by atoms with Gasteiger partial charge in [0.25, 0.3) is 5.91 Å². The number of amides is 2. The Labute approximate surface area is 182 Å². The first-order valence-electron chi connectivity index (χ1n) is 10.8. The van der Waals surface area contributed by atoms with Crippen molar-refractivity contribution in [2.24, 2.45) is 0 Å². The highest BCUT2D eigenvalue weighted by Gasteiger charge is 2.28. The zero-order valence-electron chi connectivity index (χ0n) is 18.3. The van der Waals surface area contributed by atoms with E-state index in [0.717, 1.165) is 41.3 Å². The summed E-state index contributed by atoms with van der Waals surface area (Å²) >= 11 is 0. The molecule has 162 valence electrons. The predicted octanol–water partition coefficient (Wildman–Crippen LogP) is 3.54. The minimum atomic E-state index is -0.0719. The number of carbonyl (C=O) groups excluding carboxylic acids is 2. The molecule has 2 aromatic heterocycles. The molecule has 1 aliphatic heterocycles. The van der Waals surface area contributed by atoms with E-state index in [1.807, 2.05) is 56.1 Å². The first-order chi connectivity index (χ1) is 15.0. The minimum Gasteiger partial charge on any atom is -0.361 e. The lowest BCUT2D eigenvalue weighted by molar-refractivity contribution is -0.130. The molecule has 7 nitrogen and oxygen atoms in total. The topological polar surface area (TPSA) is 79.5 Å². The Kier molecular flexibility index (Phi) is 6.02. The quantitative estimate of drug-likeness (QED) is 0.645. The molecule has 0 unspecified atom stereocenters. The number of aromatic nitrogens is 2. The van der Waals surface area contributed by atoms with Gasteiger partial charge in [-0.1, -0.05) is 29.4 Å². The van der Waals surface area contributed by atoms with E-state index in [0.29, 0.717) is 31.0 Å². The van der Waals surface area contributed by atoms with Crippen molar-refractivity contribution in [1.29, 1.82) is 0 Å². The van der Waals surface area contributed by atoms with Crippen LogP contribution in [0.25, 0.3) is 10.8 Å². The summed E-state index contributed by atoms with van der Waals surface area (Å²) in [5.41, 5.74) is 2.13. The molecule has 2 amide bonds. The van der Waals surface area contributed by atoms with Crippen molar-refractivity contribution >= 4 is 22.6 Å². The molecular formula is C24H28N4O3. The lowest BCUT2D eigenvalue weighted by atomic mass is 10.1. The Bertz CT molecular complexity index is 1080. The molecule has 1 atom stereocenters. The van der Waals surface area contributed by atoms with Crippen molar-refractivity contribution in [2.75, 3.05) is 20.1 Å². The van der Waals surface area contributed by atoms with Gasteiger partial charge in [0.15, 0.2) is 0 Å². The highest BCUT2D eigenvalue weighted by molar-refractivity contribution is 6.05. The van der Waals surface area contributed by atoms with Gasteiger partial charge in [0, 0.05) is 43.3 Å². The van der Waals surface area contributed by atoms with Crippen LogP contribution in [0.1, 0.15) is 46.8 Å². The first-order valence-corrected chi connectivity index (χ1v) is 10.8. The fourth-order valence-electron chi connectivity index (χ4n) is 4.36. The molecule has 0 spiro atoms. The van der Waals surface area contributed by atoms with Crippen LogP contribution < -0.4 is 0 Å². The van der Waals surface area contributed by atoms with Crippen LogP contribution in [0.2, 0.25) is 0 Å². The van der Waals surface area contributed by atoms with Crippen LogP contribution in [0.5, 0.6) is 0 Å². The van der Waals surface area contributed by atoms with Crippen LogP contribution in [0.3, 0.4) is 0 Å². The molecule has 1 fully saturated rings. The van der Waals surface area contributed by atoms with Gasteiger partial charge >= 0.3 is 0 Å². The Balaban J connectivity index is 1.43. The summed E-state index contributed by atoms with van der Waals surface area (Å²) in [6, 6.07) is 9.80. The van der Waals surface area contributed by atoms with E-state index < -0.39 is 0 Å². The zero-order valence-corrected chi connectivity index (χ0v) is 18.3. The van der Waals surface area contributed by atoms with Gasteiger partial charge in [-0.05, 0) is 44.6 Å². The summed E-state index contributed by atoms with van der Waals surface area (Å²) in [6.07, 6.45) is 4.47. The predicted molar refractivity (Wildman–Crippen MR) is 118 cm³/mol. The molecule has 1 saturated heterocycles. The van der Waals surface area contributed by atoms with E-state index in [1.54, 1.807) is 11.1 Å². The van der Waals surface area contributed by atoms with Gasteiger partial charge in [-0.3, -0.25) is 14.6 Å². The van der Waals surface area contributed by atoms with Crippen molar-refractivity contribution < 1.29 is 14.1 Å². The second-order valence-electron chi connectivity index (χ2n) is 8.24. The van der Waals surface area contributed by atoms with Gasteiger partial charge in [0.1, 0.15) is 11.5 Å². The molecule has 4 rings (SSSR count). The Morgan fingerprint density at radius 2 is 1.97 bits per heavy atom. The monoisotopic (exact) mass is 420 g/mol. The van der Waals surface area contributed by atoms with E-state index in [4.69, 9.17) is 4.52 Å². The molecule has 31 heavy (non-hydrogen) atoms. The molecule has 0 aliphatic carbocycles. The first kappa shape index (κ1) is 21.0. The van der Waals surface area contributed by atoms with E-state index in [-0.39, 0.29) is 17.9 Å². The standard InChI is InChI=1S/C24H28N4O3/c1-16-21(17(2)31-26-16)15-22(29)28-13-6-8-19(11-14-28)27(3)24(30)23-20-9-5-4-7-18(20)10-12-25-23/h4-5,7,9-10,12,19H,6,8,11,13-15H2,1-3H3/t19-/m1/s1. The molecule has 1 aliphatic rings. The number of aryl methyl sites for hydroxylation is 2. The molecule has 0 N–H and O–H groups in total. The third-order valence-electron chi connectivity index (χ3n) is 6.30. The Morgan fingerprint density at radius 3 is 2.74 bits per heavy atom. The summed E-state index contributed by atoms with van der Waals surface area (Å²) in [4.78, 5) is 34.2. The third kappa shape index (κ3) is 4.31. The maximum absolute atomic E-state index is 13.2. The lowest BCUT2D eigenvalue weighted by Gasteiger charge is -2.27. The second-order valence-corrected chi connectivity index (χ2v) is 8.24. The number of benzene rings is 1. The number of rotatable bonds is 4. The van der Waals surface area contributed by atoms with E-state index in [9.17, 15) is 9.59 Å². The van der Waals surface area contributed by atoms with Crippen LogP contribution in [0.15, 0.2) is 41.1 Å². The van der Waals surface area contributed by atoms with E-state index >= 15 is 0 Å². The molecular weight excluding hydrogens is 392 g/mol. The van der Waals surface area contributed by atoms with Gasteiger partial charge in [0.2, 0.25) is 5.91 Å². The molecule has 0 bridgehead atoms. The summed E-state index contributed by atoms with van der Waals surface area (Å²) in [5, 5.41) is 5.82. The second kappa shape index (κ2) is 8.88. The third-order valence-corrected chi connectivity index (χ3v) is 6.30. The summed E-state index contributed by atoms with van der Waals surface area (Å²) < 4.78 is 5.18. The van der Waals surface area contributed by atoms with Crippen molar-refractivity contribution in [1.82, 2.24) is 19.9 Å². The van der Waals surface area contributed by atoms with Crippen LogP contribution in [-0.2, 0) is 11.2 Å². The highest BCUT2D eigenvalue weighted by Crippen LogP contribution is 2.22. The molecule has 0 radical (unpaired) electrons. The molecule has 7 heteroatoms. The highest BCUT2D eigenvalue weighted by atomic mass is 16.5. The average Bonchev–Trinajstić information content (AvgIpc) is 2.98. The fourth-order valence-corrected chi connectivity index (χ4v) is 4.36. The molecule has 3 aromatic rings. The number of carbonyl (C=O) groups is 2. The Hall–Kier alpha value is -3.22.